The lowest BCUT2D eigenvalue weighted by atomic mass is 9.58. The van der Waals surface area contributed by atoms with Crippen molar-refractivity contribution in [2.75, 3.05) is 0 Å². The van der Waals surface area contributed by atoms with Crippen molar-refractivity contribution < 1.29 is 0 Å². The summed E-state index contributed by atoms with van der Waals surface area (Å²) in [6.07, 6.45) is 18.3. The van der Waals surface area contributed by atoms with Gasteiger partial charge in [0.15, 0.2) is 0 Å². The van der Waals surface area contributed by atoms with Gasteiger partial charge in [0.2, 0.25) is 0 Å². The Labute approximate surface area is 106 Å². The summed E-state index contributed by atoms with van der Waals surface area (Å²) in [7, 11) is 0. The Morgan fingerprint density at radius 2 is 1.94 bits per heavy atom. The van der Waals surface area contributed by atoms with E-state index in [1.165, 1.54) is 38.5 Å². The lowest BCUT2D eigenvalue weighted by Gasteiger charge is -2.47. The molecule has 0 bridgehead atoms. The Balaban J connectivity index is 1.96. The molecule has 5 unspecified atom stereocenters. The van der Waals surface area contributed by atoms with Crippen LogP contribution < -0.4 is 0 Å². The third-order valence-electron chi connectivity index (χ3n) is 6.15. The summed E-state index contributed by atoms with van der Waals surface area (Å²) in [5.74, 6) is 3.71. The predicted molar refractivity (Wildman–Crippen MR) is 73.7 cm³/mol. The minimum Gasteiger partial charge on any atom is -0.0808 e. The van der Waals surface area contributed by atoms with Crippen LogP contribution in [0.15, 0.2) is 24.3 Å². The van der Waals surface area contributed by atoms with E-state index in [9.17, 15) is 0 Å². The molecule has 0 aromatic heterocycles. The first-order valence-corrected chi connectivity index (χ1v) is 7.66. The maximum Gasteiger partial charge on any atom is -0.0133 e. The lowest BCUT2D eigenvalue weighted by Crippen LogP contribution is -2.38. The SMILES string of the molecule is CCC1CCCC2C3C=CC=CC3CC12CC. The Morgan fingerprint density at radius 3 is 2.71 bits per heavy atom. The Bertz CT molecular complexity index is 338. The third kappa shape index (κ3) is 1.56. The molecular formula is C17H26. The lowest BCUT2D eigenvalue weighted by molar-refractivity contribution is 0.0318. The minimum absolute atomic E-state index is 0.682. The van der Waals surface area contributed by atoms with E-state index >= 15 is 0 Å². The zero-order valence-corrected chi connectivity index (χ0v) is 11.4. The van der Waals surface area contributed by atoms with Crippen molar-refractivity contribution in [3.8, 4) is 0 Å². The van der Waals surface area contributed by atoms with E-state index in [-0.39, 0.29) is 0 Å². The molecule has 0 heterocycles. The molecule has 5 atom stereocenters. The van der Waals surface area contributed by atoms with Gasteiger partial charge in [-0.15, -0.1) is 0 Å². The number of hydrogen-bond donors (Lipinski definition) is 0. The molecule has 0 saturated heterocycles. The molecular weight excluding hydrogens is 204 g/mol. The quantitative estimate of drug-likeness (QED) is 0.628. The van der Waals surface area contributed by atoms with E-state index in [0.29, 0.717) is 5.41 Å². The summed E-state index contributed by atoms with van der Waals surface area (Å²) >= 11 is 0. The molecule has 0 nitrogen and oxygen atoms in total. The van der Waals surface area contributed by atoms with Crippen molar-refractivity contribution >= 4 is 0 Å². The summed E-state index contributed by atoms with van der Waals surface area (Å²) in [5, 5.41) is 0. The average molecular weight is 230 g/mol. The van der Waals surface area contributed by atoms with Crippen LogP contribution in [-0.4, -0.2) is 0 Å². The minimum atomic E-state index is 0.682. The van der Waals surface area contributed by atoms with Gasteiger partial charge < -0.3 is 0 Å². The smallest absolute Gasteiger partial charge is 0.0133 e. The fourth-order valence-electron chi connectivity index (χ4n) is 5.41. The van der Waals surface area contributed by atoms with Crippen LogP contribution in [0.5, 0.6) is 0 Å². The fraction of sp³-hybridized carbons (Fsp3) is 0.765. The second-order valence-electron chi connectivity index (χ2n) is 6.44. The fourth-order valence-corrected chi connectivity index (χ4v) is 5.41. The molecule has 0 spiro atoms. The van der Waals surface area contributed by atoms with Gasteiger partial charge in [-0.2, -0.15) is 0 Å². The van der Waals surface area contributed by atoms with E-state index in [4.69, 9.17) is 0 Å². The van der Waals surface area contributed by atoms with E-state index < -0.39 is 0 Å². The maximum atomic E-state index is 2.52. The van der Waals surface area contributed by atoms with Crippen LogP contribution in [0.1, 0.15) is 52.4 Å². The molecule has 0 N–H and O–H groups in total. The van der Waals surface area contributed by atoms with E-state index in [1.807, 2.05) is 0 Å². The van der Waals surface area contributed by atoms with Crippen molar-refractivity contribution in [3.05, 3.63) is 24.3 Å². The Kier molecular flexibility index (Phi) is 2.92. The molecule has 0 radical (unpaired) electrons. The molecule has 3 rings (SSSR count). The summed E-state index contributed by atoms with van der Waals surface area (Å²) < 4.78 is 0. The highest BCUT2D eigenvalue weighted by Gasteiger charge is 2.55. The summed E-state index contributed by atoms with van der Waals surface area (Å²) in [4.78, 5) is 0. The number of fused-ring (bicyclic) bond motifs is 3. The van der Waals surface area contributed by atoms with Crippen LogP contribution in [0.3, 0.4) is 0 Å². The molecule has 0 amide bonds. The second-order valence-corrected chi connectivity index (χ2v) is 6.44. The van der Waals surface area contributed by atoms with Gasteiger partial charge in [0.05, 0.1) is 0 Å². The highest BCUT2D eigenvalue weighted by Crippen LogP contribution is 2.63. The van der Waals surface area contributed by atoms with Gasteiger partial charge in [-0.25, -0.2) is 0 Å². The van der Waals surface area contributed by atoms with E-state index in [2.05, 4.69) is 38.2 Å². The first-order valence-electron chi connectivity index (χ1n) is 7.66. The van der Waals surface area contributed by atoms with Gasteiger partial charge in [0, 0.05) is 0 Å². The molecule has 3 aliphatic rings. The molecule has 0 aromatic carbocycles. The molecule has 17 heavy (non-hydrogen) atoms. The molecule has 94 valence electrons. The van der Waals surface area contributed by atoms with Crippen molar-refractivity contribution in [2.45, 2.75) is 52.4 Å². The highest BCUT2D eigenvalue weighted by molar-refractivity contribution is 5.21. The van der Waals surface area contributed by atoms with E-state index in [1.54, 1.807) is 0 Å². The highest BCUT2D eigenvalue weighted by atomic mass is 14.6. The normalized spacial score (nSPS) is 47.9. The standard InChI is InChI=1S/C17H26/c1-3-14-9-7-11-16-15-10-6-5-8-13(15)12-17(14,16)4-2/h5-6,8,10,13-16H,3-4,7,9,11-12H2,1-2H3. The monoisotopic (exact) mass is 230 g/mol. The zero-order valence-electron chi connectivity index (χ0n) is 11.4. The summed E-state index contributed by atoms with van der Waals surface area (Å²) in [5.41, 5.74) is 0.682. The molecule has 2 fully saturated rings. The van der Waals surface area contributed by atoms with Crippen LogP contribution >= 0.6 is 0 Å². The first-order chi connectivity index (χ1) is 8.31. The molecule has 2 saturated carbocycles. The van der Waals surface area contributed by atoms with Gasteiger partial charge in [-0.05, 0) is 54.8 Å². The number of rotatable bonds is 2. The van der Waals surface area contributed by atoms with E-state index in [0.717, 1.165) is 23.7 Å². The molecule has 0 aromatic rings. The predicted octanol–water partition coefficient (Wildman–Crippen LogP) is 4.97. The van der Waals surface area contributed by atoms with Gasteiger partial charge in [-0.3, -0.25) is 0 Å². The summed E-state index contributed by atoms with van der Waals surface area (Å²) in [6.45, 7) is 4.86. The van der Waals surface area contributed by atoms with Crippen molar-refractivity contribution in [1.29, 1.82) is 0 Å². The van der Waals surface area contributed by atoms with Crippen molar-refractivity contribution in [1.82, 2.24) is 0 Å². The van der Waals surface area contributed by atoms with Crippen molar-refractivity contribution in [2.24, 2.45) is 29.1 Å². The van der Waals surface area contributed by atoms with Crippen LogP contribution in [0.2, 0.25) is 0 Å². The van der Waals surface area contributed by atoms with Crippen LogP contribution in [-0.2, 0) is 0 Å². The number of hydrogen-bond acceptors (Lipinski definition) is 0. The summed E-state index contributed by atoms with van der Waals surface area (Å²) in [6, 6.07) is 0. The Morgan fingerprint density at radius 1 is 1.12 bits per heavy atom. The maximum absolute atomic E-state index is 2.52. The topological polar surface area (TPSA) is 0 Å². The first kappa shape index (κ1) is 11.6. The van der Waals surface area contributed by atoms with Crippen LogP contribution in [0.4, 0.5) is 0 Å². The zero-order chi connectivity index (χ0) is 11.9. The molecule has 3 aliphatic carbocycles. The Hall–Kier alpha value is -0.520. The van der Waals surface area contributed by atoms with Crippen LogP contribution in [0.25, 0.3) is 0 Å². The van der Waals surface area contributed by atoms with Crippen molar-refractivity contribution in [3.63, 3.8) is 0 Å². The third-order valence-corrected chi connectivity index (χ3v) is 6.15. The second kappa shape index (κ2) is 4.30. The molecule has 0 heteroatoms. The van der Waals surface area contributed by atoms with Gasteiger partial charge in [0.1, 0.15) is 0 Å². The van der Waals surface area contributed by atoms with Gasteiger partial charge in [0.25, 0.3) is 0 Å². The van der Waals surface area contributed by atoms with Gasteiger partial charge >= 0.3 is 0 Å². The average Bonchev–Trinajstić information content (AvgIpc) is 2.73. The largest absolute Gasteiger partial charge is 0.0808 e. The number of allylic oxidation sites excluding steroid dienone is 4. The van der Waals surface area contributed by atoms with Gasteiger partial charge in [-0.1, -0.05) is 51.0 Å². The molecule has 0 aliphatic heterocycles. The van der Waals surface area contributed by atoms with Crippen LogP contribution in [0, 0.1) is 29.1 Å².